The molecule has 0 aliphatic heterocycles. The summed E-state index contributed by atoms with van der Waals surface area (Å²) < 4.78 is 0. The second kappa shape index (κ2) is 5.69. The van der Waals surface area contributed by atoms with Crippen LogP contribution in [-0.4, -0.2) is 28.7 Å². The summed E-state index contributed by atoms with van der Waals surface area (Å²) in [5, 5.41) is 0. The Balaban J connectivity index is 0. The molecule has 0 saturated carbocycles. The van der Waals surface area contributed by atoms with Crippen LogP contribution in [0, 0.1) is 0 Å². The van der Waals surface area contributed by atoms with Crippen LogP contribution in [0.1, 0.15) is 26.7 Å². The SMILES string of the molecule is CCCC(C)[P+]([O-])([O-])[O-].[Mg+2]. The molecule has 1 atom stereocenters. The van der Waals surface area contributed by atoms with Crippen molar-refractivity contribution in [1.29, 1.82) is 0 Å². The van der Waals surface area contributed by atoms with Gasteiger partial charge in [-0.1, -0.05) is 13.3 Å². The molecule has 0 aromatic carbocycles. The van der Waals surface area contributed by atoms with Gasteiger partial charge in [-0.2, -0.15) is 7.94 Å². The van der Waals surface area contributed by atoms with E-state index in [1.54, 1.807) is 0 Å². The van der Waals surface area contributed by atoms with Crippen molar-refractivity contribution in [3.63, 3.8) is 0 Å². The van der Waals surface area contributed by atoms with Crippen molar-refractivity contribution in [2.75, 3.05) is 0 Å². The smallest absolute Gasteiger partial charge is 0.687 e. The predicted molar refractivity (Wildman–Crippen MR) is 37.0 cm³/mol. The van der Waals surface area contributed by atoms with Gasteiger partial charge in [-0.25, -0.2) is 0 Å². The minimum atomic E-state index is -4.27. The van der Waals surface area contributed by atoms with Crippen molar-refractivity contribution in [1.82, 2.24) is 0 Å². The first-order valence-electron chi connectivity index (χ1n) is 3.00. The van der Waals surface area contributed by atoms with Gasteiger partial charge >= 0.3 is 23.1 Å². The zero-order valence-corrected chi connectivity index (χ0v) is 8.68. The number of rotatable bonds is 3. The zero-order chi connectivity index (χ0) is 7.49. The predicted octanol–water partition coefficient (Wildman–Crippen LogP) is -1.36. The van der Waals surface area contributed by atoms with Gasteiger partial charge in [0.1, 0.15) is 0 Å². The largest absolute Gasteiger partial charge is 2.00 e. The first kappa shape index (κ1) is 13.7. The minimum Gasteiger partial charge on any atom is -0.687 e. The van der Waals surface area contributed by atoms with E-state index in [9.17, 15) is 14.7 Å². The third-order valence-corrected chi connectivity index (χ3v) is 2.58. The molecule has 0 N–H and O–H groups in total. The van der Waals surface area contributed by atoms with Gasteiger partial charge < -0.3 is 14.7 Å². The topological polar surface area (TPSA) is 69.2 Å². The van der Waals surface area contributed by atoms with Crippen molar-refractivity contribution >= 4 is 31.0 Å². The monoisotopic (exact) mass is 174 g/mol. The average molecular weight is 174 g/mol. The molecule has 0 rings (SSSR count). The van der Waals surface area contributed by atoms with Gasteiger partial charge in [0.25, 0.3) is 0 Å². The van der Waals surface area contributed by atoms with E-state index < -0.39 is 13.6 Å². The number of hydrogen-bond acceptors (Lipinski definition) is 3. The van der Waals surface area contributed by atoms with Crippen LogP contribution in [0.15, 0.2) is 0 Å². The summed E-state index contributed by atoms with van der Waals surface area (Å²) in [6.45, 7) is 3.30. The first-order valence-corrected chi connectivity index (χ1v) is 4.61. The van der Waals surface area contributed by atoms with E-state index >= 15 is 0 Å². The second-order valence-electron chi connectivity index (χ2n) is 2.18. The molecule has 0 aromatic rings. The van der Waals surface area contributed by atoms with Gasteiger partial charge in [-0.15, -0.1) is 0 Å². The fourth-order valence-corrected chi connectivity index (χ4v) is 1.15. The van der Waals surface area contributed by atoms with Gasteiger partial charge in [0, 0.05) is 0 Å². The van der Waals surface area contributed by atoms with E-state index in [0.717, 1.165) is 6.42 Å². The Hall–Kier alpha value is 1.08. The summed E-state index contributed by atoms with van der Waals surface area (Å²) in [6.07, 6.45) is 1.22. The minimum absolute atomic E-state index is 0. The fourth-order valence-electron chi connectivity index (χ4n) is 0.576. The molecule has 56 valence electrons. The van der Waals surface area contributed by atoms with E-state index in [2.05, 4.69) is 0 Å². The summed E-state index contributed by atoms with van der Waals surface area (Å²) in [4.78, 5) is 30.6. The van der Waals surface area contributed by atoms with Crippen LogP contribution in [-0.2, 0) is 0 Å². The molecule has 0 bridgehead atoms. The molecule has 0 spiro atoms. The fraction of sp³-hybridized carbons (Fsp3) is 1.00. The summed E-state index contributed by atoms with van der Waals surface area (Å²) in [5.41, 5.74) is -0.692. The average Bonchev–Trinajstić information content (AvgIpc) is 1.64. The van der Waals surface area contributed by atoms with Crippen LogP contribution in [0.5, 0.6) is 0 Å². The molecule has 5 heteroatoms. The number of hydrogen-bond donors (Lipinski definition) is 0. The Morgan fingerprint density at radius 3 is 1.80 bits per heavy atom. The van der Waals surface area contributed by atoms with Gasteiger partial charge in [-0.05, 0) is 13.3 Å². The van der Waals surface area contributed by atoms with Gasteiger partial charge in [0.05, 0.1) is 5.66 Å². The van der Waals surface area contributed by atoms with E-state index in [1.807, 2.05) is 6.92 Å². The summed E-state index contributed by atoms with van der Waals surface area (Å²) in [7, 11) is -4.27. The maximum atomic E-state index is 10.2. The molecule has 0 saturated heterocycles. The zero-order valence-electron chi connectivity index (χ0n) is 6.37. The van der Waals surface area contributed by atoms with Crippen LogP contribution in [0.3, 0.4) is 0 Å². The van der Waals surface area contributed by atoms with Crippen molar-refractivity contribution in [3.05, 3.63) is 0 Å². The molecule has 0 fully saturated rings. The summed E-state index contributed by atoms with van der Waals surface area (Å²) >= 11 is 0. The molecule has 0 heterocycles. The molecule has 0 amide bonds. The van der Waals surface area contributed by atoms with Crippen LogP contribution in [0.2, 0.25) is 0 Å². The van der Waals surface area contributed by atoms with Crippen molar-refractivity contribution in [2.45, 2.75) is 32.3 Å². The maximum absolute atomic E-state index is 10.2. The molecule has 3 nitrogen and oxygen atoms in total. The molecule has 10 heavy (non-hydrogen) atoms. The second-order valence-corrected chi connectivity index (χ2v) is 4.14. The molecule has 1 unspecified atom stereocenters. The van der Waals surface area contributed by atoms with Gasteiger partial charge in [0.15, 0.2) is 0 Å². The Kier molecular flexibility index (Phi) is 7.77. The standard InChI is InChI=1S/C5H13O3P.Mg/c1-3-4-5(2)9(6,7)8;/h5H,3-4H2,1-2H3,(H2,6,7,8);/q;+2/p-2. The van der Waals surface area contributed by atoms with E-state index in [1.165, 1.54) is 6.92 Å². The van der Waals surface area contributed by atoms with Crippen molar-refractivity contribution in [2.24, 2.45) is 0 Å². The first-order chi connectivity index (χ1) is 3.98. The van der Waals surface area contributed by atoms with Crippen LogP contribution >= 0.6 is 7.94 Å². The normalized spacial score (nSPS) is 14.1. The van der Waals surface area contributed by atoms with Gasteiger partial charge in [0.2, 0.25) is 0 Å². The molecule has 0 aliphatic rings. The third-order valence-electron chi connectivity index (χ3n) is 1.25. The molecule has 0 radical (unpaired) electrons. The van der Waals surface area contributed by atoms with E-state index in [0.29, 0.717) is 6.42 Å². The molecule has 0 aliphatic carbocycles. The Labute approximate surface area is 78.2 Å². The summed E-state index contributed by atoms with van der Waals surface area (Å²) in [6, 6.07) is 0. The Morgan fingerprint density at radius 1 is 1.30 bits per heavy atom. The Morgan fingerprint density at radius 2 is 1.70 bits per heavy atom. The van der Waals surface area contributed by atoms with Crippen LogP contribution < -0.4 is 14.7 Å². The van der Waals surface area contributed by atoms with E-state index in [4.69, 9.17) is 0 Å². The van der Waals surface area contributed by atoms with Gasteiger partial charge in [-0.3, -0.25) is 0 Å². The Bertz CT molecular complexity index is 83.5. The van der Waals surface area contributed by atoms with Crippen LogP contribution in [0.25, 0.3) is 0 Å². The maximum Gasteiger partial charge on any atom is 2.00 e. The molecular formula is C5H11MgO3P. The summed E-state index contributed by atoms with van der Waals surface area (Å²) in [5.74, 6) is 0. The quantitative estimate of drug-likeness (QED) is 0.392. The van der Waals surface area contributed by atoms with Crippen molar-refractivity contribution in [3.8, 4) is 0 Å². The van der Waals surface area contributed by atoms with Crippen LogP contribution in [0.4, 0.5) is 0 Å². The van der Waals surface area contributed by atoms with E-state index in [-0.39, 0.29) is 23.1 Å². The third kappa shape index (κ3) is 5.83. The molecule has 0 aromatic heterocycles. The van der Waals surface area contributed by atoms with Crippen molar-refractivity contribution < 1.29 is 14.7 Å². The molecular weight excluding hydrogens is 163 g/mol.